The second-order valence-electron chi connectivity index (χ2n) is 3.18. The van der Waals surface area contributed by atoms with E-state index in [-0.39, 0.29) is 26.2 Å². The molecule has 0 N–H and O–H groups in total. The molecular weight excluding hydrogens is 290 g/mol. The largest absolute Gasteiger partial charge is 0.228 e. The molecule has 6 heteroatoms. The average Bonchev–Trinajstić information content (AvgIpc) is 2.28. The number of benzene rings is 1. The van der Waals surface area contributed by atoms with E-state index in [0.29, 0.717) is 0 Å². The van der Waals surface area contributed by atoms with Gasteiger partial charge in [0.1, 0.15) is 5.82 Å². The minimum Gasteiger partial charge on any atom is -0.228 e. The monoisotopic (exact) mass is 293 g/mol. The van der Waals surface area contributed by atoms with Crippen LogP contribution in [0.3, 0.4) is 0 Å². The highest BCUT2D eigenvalue weighted by molar-refractivity contribution is 6.46. The van der Waals surface area contributed by atoms with Gasteiger partial charge in [-0.3, -0.25) is 0 Å². The van der Waals surface area contributed by atoms with Crippen molar-refractivity contribution in [3.63, 3.8) is 0 Å². The van der Waals surface area contributed by atoms with Gasteiger partial charge in [-0.15, -0.1) is 0 Å². The number of nitrogens with zero attached hydrogens (tertiary/aromatic N) is 1. The zero-order chi connectivity index (χ0) is 12.6. The van der Waals surface area contributed by atoms with E-state index in [4.69, 9.17) is 34.8 Å². The topological polar surface area (TPSA) is 12.9 Å². The second kappa shape index (κ2) is 4.77. The SMILES string of the molecule is Fc1ccnc(F)c1-c1c(Cl)ccc(Cl)c1Cl. The van der Waals surface area contributed by atoms with Gasteiger partial charge in [0.2, 0.25) is 5.95 Å². The minimum atomic E-state index is -0.990. The molecule has 1 heterocycles. The van der Waals surface area contributed by atoms with Crippen LogP contribution in [0.4, 0.5) is 8.78 Å². The summed E-state index contributed by atoms with van der Waals surface area (Å²) in [6, 6.07) is 3.88. The molecule has 0 atom stereocenters. The fourth-order valence-corrected chi connectivity index (χ4v) is 2.11. The molecule has 88 valence electrons. The zero-order valence-corrected chi connectivity index (χ0v) is 10.4. The van der Waals surface area contributed by atoms with Gasteiger partial charge in [0.15, 0.2) is 0 Å². The summed E-state index contributed by atoms with van der Waals surface area (Å²) in [5.41, 5.74) is -0.381. The van der Waals surface area contributed by atoms with Gasteiger partial charge < -0.3 is 0 Å². The van der Waals surface area contributed by atoms with Crippen molar-refractivity contribution < 1.29 is 8.78 Å². The van der Waals surface area contributed by atoms with Crippen LogP contribution >= 0.6 is 34.8 Å². The molecule has 1 aromatic carbocycles. The Morgan fingerprint density at radius 3 is 2.18 bits per heavy atom. The zero-order valence-electron chi connectivity index (χ0n) is 8.15. The average molecular weight is 295 g/mol. The lowest BCUT2D eigenvalue weighted by Crippen LogP contribution is -1.95. The lowest BCUT2D eigenvalue weighted by molar-refractivity contribution is 0.558. The van der Waals surface area contributed by atoms with Crippen molar-refractivity contribution in [2.24, 2.45) is 0 Å². The lowest BCUT2D eigenvalue weighted by Gasteiger charge is -2.09. The molecule has 0 spiro atoms. The van der Waals surface area contributed by atoms with Gasteiger partial charge in [-0.1, -0.05) is 34.8 Å². The Morgan fingerprint density at radius 2 is 1.53 bits per heavy atom. The number of pyridine rings is 1. The van der Waals surface area contributed by atoms with Gasteiger partial charge in [-0.05, 0) is 18.2 Å². The molecule has 0 amide bonds. The third-order valence-electron chi connectivity index (χ3n) is 2.15. The molecule has 0 aliphatic carbocycles. The molecule has 0 fully saturated rings. The molecule has 0 saturated carbocycles. The van der Waals surface area contributed by atoms with E-state index < -0.39 is 11.8 Å². The van der Waals surface area contributed by atoms with Crippen LogP contribution in [0, 0.1) is 11.8 Å². The molecule has 1 aromatic heterocycles. The van der Waals surface area contributed by atoms with E-state index in [1.807, 2.05) is 0 Å². The highest BCUT2D eigenvalue weighted by Gasteiger charge is 2.19. The Labute approximate surface area is 111 Å². The Morgan fingerprint density at radius 1 is 0.882 bits per heavy atom. The Hall–Kier alpha value is -0.900. The first-order chi connectivity index (χ1) is 8.02. The summed E-state index contributed by atoms with van der Waals surface area (Å²) in [4.78, 5) is 3.36. The summed E-state index contributed by atoms with van der Waals surface area (Å²) < 4.78 is 27.1. The molecule has 0 aliphatic rings. The van der Waals surface area contributed by atoms with Crippen LogP contribution in [-0.2, 0) is 0 Å². The third-order valence-corrected chi connectivity index (χ3v) is 3.27. The van der Waals surface area contributed by atoms with Crippen LogP contribution in [-0.4, -0.2) is 4.98 Å². The summed E-state index contributed by atoms with van der Waals surface area (Å²) in [7, 11) is 0. The maximum Gasteiger partial charge on any atom is 0.223 e. The lowest BCUT2D eigenvalue weighted by atomic mass is 10.1. The Kier molecular flexibility index (Phi) is 3.52. The normalized spacial score (nSPS) is 10.6. The van der Waals surface area contributed by atoms with E-state index in [9.17, 15) is 8.78 Å². The number of hydrogen-bond donors (Lipinski definition) is 0. The number of rotatable bonds is 1. The molecule has 0 radical (unpaired) electrons. The molecule has 0 unspecified atom stereocenters. The quantitative estimate of drug-likeness (QED) is 0.533. The van der Waals surface area contributed by atoms with Crippen molar-refractivity contribution in [3.05, 3.63) is 51.2 Å². The van der Waals surface area contributed by atoms with Crippen molar-refractivity contribution in [1.29, 1.82) is 0 Å². The molecule has 0 saturated heterocycles. The Bertz CT molecular complexity index is 567. The van der Waals surface area contributed by atoms with Crippen molar-refractivity contribution in [2.75, 3.05) is 0 Å². The van der Waals surface area contributed by atoms with E-state index >= 15 is 0 Å². The third kappa shape index (κ3) is 2.23. The van der Waals surface area contributed by atoms with Gasteiger partial charge in [-0.25, -0.2) is 9.37 Å². The fourth-order valence-electron chi connectivity index (χ4n) is 1.39. The van der Waals surface area contributed by atoms with Crippen LogP contribution in [0.5, 0.6) is 0 Å². The highest BCUT2D eigenvalue weighted by atomic mass is 35.5. The molecule has 1 nitrogen and oxygen atoms in total. The van der Waals surface area contributed by atoms with Crippen LogP contribution in [0.25, 0.3) is 11.1 Å². The van der Waals surface area contributed by atoms with Crippen LogP contribution in [0.2, 0.25) is 15.1 Å². The number of hydrogen-bond acceptors (Lipinski definition) is 1. The van der Waals surface area contributed by atoms with E-state index in [2.05, 4.69) is 4.98 Å². The summed E-state index contributed by atoms with van der Waals surface area (Å²) >= 11 is 17.6. The predicted octanol–water partition coefficient (Wildman–Crippen LogP) is 4.99. The van der Waals surface area contributed by atoms with E-state index in [0.717, 1.165) is 12.3 Å². The minimum absolute atomic E-state index is 0.00364. The second-order valence-corrected chi connectivity index (χ2v) is 4.37. The maximum atomic E-state index is 13.6. The molecule has 0 aliphatic heterocycles. The van der Waals surface area contributed by atoms with E-state index in [1.165, 1.54) is 12.1 Å². The highest BCUT2D eigenvalue weighted by Crippen LogP contribution is 2.40. The number of halogens is 5. The van der Waals surface area contributed by atoms with Crippen molar-refractivity contribution in [2.45, 2.75) is 0 Å². The van der Waals surface area contributed by atoms with Crippen LogP contribution in [0.1, 0.15) is 0 Å². The fraction of sp³-hybridized carbons (Fsp3) is 0. The molecule has 2 aromatic rings. The van der Waals surface area contributed by atoms with Gasteiger partial charge in [0.05, 0.1) is 20.6 Å². The summed E-state index contributed by atoms with van der Waals surface area (Å²) in [6.07, 6.45) is 1.01. The van der Waals surface area contributed by atoms with Gasteiger partial charge in [0, 0.05) is 11.8 Å². The van der Waals surface area contributed by atoms with E-state index in [1.54, 1.807) is 0 Å². The van der Waals surface area contributed by atoms with Crippen molar-refractivity contribution >= 4 is 34.8 Å². The van der Waals surface area contributed by atoms with Crippen LogP contribution < -0.4 is 0 Å². The molecule has 0 bridgehead atoms. The first-order valence-corrected chi connectivity index (χ1v) is 5.59. The van der Waals surface area contributed by atoms with Crippen molar-refractivity contribution in [1.82, 2.24) is 4.98 Å². The predicted molar refractivity (Wildman–Crippen MR) is 64.6 cm³/mol. The first-order valence-electron chi connectivity index (χ1n) is 4.46. The molecular formula is C11H4Cl3F2N. The Balaban J connectivity index is 2.82. The maximum absolute atomic E-state index is 13.6. The standard InChI is InChI=1S/C11H4Cl3F2N/c12-5-1-2-6(13)10(14)8(5)9-7(15)3-4-17-11(9)16/h1-4H. The summed E-state index contributed by atoms with van der Waals surface area (Å²) in [5, 5.41) is 0.254. The van der Waals surface area contributed by atoms with Gasteiger partial charge >= 0.3 is 0 Å². The molecule has 2 rings (SSSR count). The first kappa shape index (κ1) is 12.6. The van der Waals surface area contributed by atoms with Gasteiger partial charge in [0.25, 0.3) is 0 Å². The van der Waals surface area contributed by atoms with Crippen LogP contribution in [0.15, 0.2) is 24.4 Å². The van der Waals surface area contributed by atoms with Gasteiger partial charge in [-0.2, -0.15) is 4.39 Å². The molecule has 17 heavy (non-hydrogen) atoms. The smallest absolute Gasteiger partial charge is 0.223 e. The summed E-state index contributed by atoms with van der Waals surface area (Å²) in [6.45, 7) is 0. The summed E-state index contributed by atoms with van der Waals surface area (Å²) in [5.74, 6) is -1.79. The van der Waals surface area contributed by atoms with Crippen molar-refractivity contribution in [3.8, 4) is 11.1 Å². The number of aromatic nitrogens is 1.